The second kappa shape index (κ2) is 4.12. The molecule has 0 aromatic heterocycles. The van der Waals surface area contributed by atoms with E-state index in [9.17, 15) is 5.11 Å². The van der Waals surface area contributed by atoms with Crippen molar-refractivity contribution in [1.82, 2.24) is 0 Å². The van der Waals surface area contributed by atoms with E-state index in [1.165, 1.54) is 0 Å². The van der Waals surface area contributed by atoms with Gasteiger partial charge in [0.2, 0.25) is 0 Å². The normalized spacial score (nSPS) is 12.1. The molecule has 0 aliphatic carbocycles. The van der Waals surface area contributed by atoms with Gasteiger partial charge in [0.05, 0.1) is 12.5 Å². The molecule has 1 atom stereocenters. The highest BCUT2D eigenvalue weighted by atomic mass is 16.3. The Hall–Kier alpha value is -1.53. The number of rotatable bonds is 2. The molecule has 0 heterocycles. The lowest BCUT2D eigenvalue weighted by Gasteiger charge is -2.11. The van der Waals surface area contributed by atoms with Crippen molar-refractivity contribution < 1.29 is 5.11 Å². The van der Waals surface area contributed by atoms with Crippen LogP contribution >= 0.6 is 0 Å². The summed E-state index contributed by atoms with van der Waals surface area (Å²) in [6.45, 7) is 3.65. The van der Waals surface area contributed by atoms with Crippen molar-refractivity contribution in [2.24, 2.45) is 5.73 Å². The number of phenols is 1. The zero-order valence-corrected chi connectivity index (χ0v) is 8.41. The van der Waals surface area contributed by atoms with Crippen LogP contribution in [0.5, 0.6) is 5.75 Å². The van der Waals surface area contributed by atoms with Gasteiger partial charge in [0.25, 0.3) is 0 Å². The first kappa shape index (κ1) is 10.6. The Labute approximate surface area is 83.8 Å². The molecule has 1 aromatic carbocycles. The standard InChI is InChI=1S/C11H14N2O/c1-7-5-9(10(13)3-4-12)6-8(2)11(7)14/h5-6,10,14H,3,13H2,1-2H3/t10-/m1/s1. The predicted molar refractivity (Wildman–Crippen MR) is 54.7 cm³/mol. The maximum Gasteiger partial charge on any atom is 0.121 e. The molecule has 0 amide bonds. The van der Waals surface area contributed by atoms with Crippen LogP contribution in [-0.4, -0.2) is 5.11 Å². The number of nitrogens with zero attached hydrogens (tertiary/aromatic N) is 1. The Bertz CT molecular complexity index is 356. The predicted octanol–water partition coefficient (Wildman–Crippen LogP) is 1.92. The summed E-state index contributed by atoms with van der Waals surface area (Å²) in [5.41, 5.74) is 8.29. The van der Waals surface area contributed by atoms with Gasteiger partial charge in [-0.3, -0.25) is 0 Å². The van der Waals surface area contributed by atoms with Crippen LogP contribution in [0, 0.1) is 25.2 Å². The monoisotopic (exact) mass is 190 g/mol. The minimum absolute atomic E-state index is 0.266. The molecular weight excluding hydrogens is 176 g/mol. The van der Waals surface area contributed by atoms with E-state index in [-0.39, 0.29) is 6.04 Å². The molecule has 3 heteroatoms. The van der Waals surface area contributed by atoms with Gasteiger partial charge in [-0.2, -0.15) is 5.26 Å². The van der Waals surface area contributed by atoms with Crippen LogP contribution in [0.25, 0.3) is 0 Å². The van der Waals surface area contributed by atoms with E-state index in [0.29, 0.717) is 12.2 Å². The lowest BCUT2D eigenvalue weighted by atomic mass is 9.99. The number of aromatic hydroxyl groups is 1. The van der Waals surface area contributed by atoms with Gasteiger partial charge in [-0.05, 0) is 30.5 Å². The van der Waals surface area contributed by atoms with Crippen molar-refractivity contribution in [2.75, 3.05) is 0 Å². The van der Waals surface area contributed by atoms with Gasteiger partial charge in [-0.15, -0.1) is 0 Å². The average molecular weight is 190 g/mol. The van der Waals surface area contributed by atoms with Crippen LogP contribution in [0.2, 0.25) is 0 Å². The first-order valence-electron chi connectivity index (χ1n) is 4.49. The summed E-state index contributed by atoms with van der Waals surface area (Å²) in [4.78, 5) is 0. The summed E-state index contributed by atoms with van der Waals surface area (Å²) in [7, 11) is 0. The second-order valence-electron chi connectivity index (χ2n) is 3.47. The second-order valence-corrected chi connectivity index (χ2v) is 3.47. The fraction of sp³-hybridized carbons (Fsp3) is 0.364. The number of nitriles is 1. The van der Waals surface area contributed by atoms with Gasteiger partial charge in [-0.25, -0.2) is 0 Å². The molecule has 3 nitrogen and oxygen atoms in total. The van der Waals surface area contributed by atoms with Gasteiger partial charge < -0.3 is 10.8 Å². The molecular formula is C11H14N2O. The van der Waals surface area contributed by atoms with Crippen molar-refractivity contribution in [3.63, 3.8) is 0 Å². The number of hydrogen-bond acceptors (Lipinski definition) is 3. The van der Waals surface area contributed by atoms with E-state index >= 15 is 0 Å². The third-order valence-corrected chi connectivity index (χ3v) is 2.25. The quantitative estimate of drug-likeness (QED) is 0.748. The van der Waals surface area contributed by atoms with Gasteiger partial charge in [0.15, 0.2) is 0 Å². The first-order valence-corrected chi connectivity index (χ1v) is 4.49. The molecule has 1 aromatic rings. The third kappa shape index (κ3) is 2.04. The Morgan fingerprint density at radius 3 is 2.36 bits per heavy atom. The summed E-state index contributed by atoms with van der Waals surface area (Å²) in [5, 5.41) is 18.0. The van der Waals surface area contributed by atoms with E-state index in [1.54, 1.807) is 0 Å². The van der Waals surface area contributed by atoms with Crippen LogP contribution in [-0.2, 0) is 0 Å². The minimum atomic E-state index is -0.266. The Kier molecular flexibility index (Phi) is 3.10. The number of aryl methyl sites for hydroxylation is 2. The number of benzene rings is 1. The zero-order chi connectivity index (χ0) is 10.7. The van der Waals surface area contributed by atoms with Crippen LogP contribution in [0.15, 0.2) is 12.1 Å². The highest BCUT2D eigenvalue weighted by Gasteiger charge is 2.09. The van der Waals surface area contributed by atoms with Crippen LogP contribution in [0.3, 0.4) is 0 Å². The van der Waals surface area contributed by atoms with Gasteiger partial charge >= 0.3 is 0 Å². The van der Waals surface area contributed by atoms with E-state index in [1.807, 2.05) is 32.0 Å². The fourth-order valence-corrected chi connectivity index (χ4v) is 1.42. The SMILES string of the molecule is Cc1cc([C@H](N)CC#N)cc(C)c1O. The largest absolute Gasteiger partial charge is 0.507 e. The summed E-state index contributed by atoms with van der Waals surface area (Å²) >= 11 is 0. The molecule has 0 aliphatic heterocycles. The molecule has 74 valence electrons. The molecule has 0 aliphatic rings. The molecule has 0 bridgehead atoms. The smallest absolute Gasteiger partial charge is 0.121 e. The first-order chi connectivity index (χ1) is 6.56. The molecule has 0 spiro atoms. The van der Waals surface area contributed by atoms with Crippen molar-refractivity contribution in [2.45, 2.75) is 26.3 Å². The molecule has 0 fully saturated rings. The highest BCUT2D eigenvalue weighted by Crippen LogP contribution is 2.26. The maximum absolute atomic E-state index is 9.54. The number of phenolic OH excluding ortho intramolecular Hbond substituents is 1. The highest BCUT2D eigenvalue weighted by molar-refractivity contribution is 5.43. The summed E-state index contributed by atoms with van der Waals surface area (Å²) in [6.07, 6.45) is 0.295. The molecule has 0 saturated carbocycles. The fourth-order valence-electron chi connectivity index (χ4n) is 1.42. The summed E-state index contributed by atoms with van der Waals surface area (Å²) in [6, 6.07) is 5.41. The van der Waals surface area contributed by atoms with Crippen LogP contribution in [0.4, 0.5) is 0 Å². The Morgan fingerprint density at radius 2 is 1.93 bits per heavy atom. The maximum atomic E-state index is 9.54. The lowest BCUT2D eigenvalue weighted by molar-refractivity contribution is 0.466. The van der Waals surface area contributed by atoms with Crippen molar-refractivity contribution in [1.29, 1.82) is 5.26 Å². The Morgan fingerprint density at radius 1 is 1.43 bits per heavy atom. The summed E-state index contributed by atoms with van der Waals surface area (Å²) in [5.74, 6) is 0.304. The molecule has 0 radical (unpaired) electrons. The van der Waals surface area contributed by atoms with Crippen molar-refractivity contribution >= 4 is 0 Å². The van der Waals surface area contributed by atoms with E-state index in [4.69, 9.17) is 11.0 Å². The van der Waals surface area contributed by atoms with Gasteiger partial charge in [-0.1, -0.05) is 12.1 Å². The van der Waals surface area contributed by atoms with Crippen molar-refractivity contribution in [3.8, 4) is 11.8 Å². The Balaban J connectivity index is 3.07. The minimum Gasteiger partial charge on any atom is -0.507 e. The van der Waals surface area contributed by atoms with Gasteiger partial charge in [0, 0.05) is 6.04 Å². The van der Waals surface area contributed by atoms with Crippen LogP contribution in [0.1, 0.15) is 29.2 Å². The average Bonchev–Trinajstić information content (AvgIpc) is 2.13. The molecule has 0 unspecified atom stereocenters. The number of nitrogens with two attached hydrogens (primary N) is 1. The van der Waals surface area contributed by atoms with Crippen LogP contribution < -0.4 is 5.73 Å². The number of hydrogen-bond donors (Lipinski definition) is 2. The van der Waals surface area contributed by atoms with Crippen molar-refractivity contribution in [3.05, 3.63) is 28.8 Å². The third-order valence-electron chi connectivity index (χ3n) is 2.25. The van der Waals surface area contributed by atoms with Gasteiger partial charge in [0.1, 0.15) is 5.75 Å². The summed E-state index contributed by atoms with van der Waals surface area (Å²) < 4.78 is 0. The lowest BCUT2D eigenvalue weighted by Crippen LogP contribution is -2.09. The molecule has 0 saturated heterocycles. The van der Waals surface area contributed by atoms with E-state index in [2.05, 4.69) is 0 Å². The molecule has 3 N–H and O–H groups in total. The molecule has 1 rings (SSSR count). The van der Waals surface area contributed by atoms with E-state index in [0.717, 1.165) is 16.7 Å². The zero-order valence-electron chi connectivity index (χ0n) is 8.41. The topological polar surface area (TPSA) is 70.0 Å². The van der Waals surface area contributed by atoms with E-state index < -0.39 is 0 Å². The molecule has 14 heavy (non-hydrogen) atoms.